The first-order chi connectivity index (χ1) is 16.2. The Hall–Kier alpha value is -3.53. The smallest absolute Gasteiger partial charge is 0.145 e. The van der Waals surface area contributed by atoms with Gasteiger partial charge in [-0.3, -0.25) is 4.57 Å². The largest absolute Gasteiger partial charge is 0.360 e. The van der Waals surface area contributed by atoms with Crippen molar-refractivity contribution in [3.8, 4) is 33.9 Å². The quantitative estimate of drug-likeness (QED) is 0.290. The number of halogens is 2. The summed E-state index contributed by atoms with van der Waals surface area (Å²) in [5.74, 6) is 0.901. The van der Waals surface area contributed by atoms with Crippen LogP contribution in [0.15, 0.2) is 103 Å². The number of benzene rings is 4. The van der Waals surface area contributed by atoms with E-state index in [1.54, 1.807) is 6.07 Å². The summed E-state index contributed by atoms with van der Waals surface area (Å²) in [4.78, 5) is 5.22. The van der Waals surface area contributed by atoms with Crippen molar-refractivity contribution in [3.63, 3.8) is 0 Å². The summed E-state index contributed by atoms with van der Waals surface area (Å²) >= 11 is 12.9. The van der Waals surface area contributed by atoms with Gasteiger partial charge in [0.25, 0.3) is 0 Å². The number of imidazole rings is 1. The molecule has 1 aromatic heterocycles. The van der Waals surface area contributed by atoms with Crippen LogP contribution in [0.2, 0.25) is 10.0 Å². The van der Waals surface area contributed by atoms with E-state index in [9.17, 15) is 0 Å². The standard InChI is InChI=1S/C28H19Cl2N3/c29-20-15-16-21(23(30)17-20)27-31-24-14-8-7-13-22(24)28-32-25(18-9-3-1-4-10-18)26(33(27)28)19-11-5-2-6-12-19/h1-17,27,31H. The predicted octanol–water partition coefficient (Wildman–Crippen LogP) is 8.16. The average Bonchev–Trinajstić information content (AvgIpc) is 3.26. The molecular formula is C28H19Cl2N3. The van der Waals surface area contributed by atoms with Gasteiger partial charge in [-0.25, -0.2) is 4.98 Å². The number of fused-ring (bicyclic) bond motifs is 3. The number of nitrogens with zero attached hydrogens (tertiary/aromatic N) is 2. The Labute approximate surface area is 202 Å². The average molecular weight is 468 g/mol. The third kappa shape index (κ3) is 3.41. The molecule has 0 saturated carbocycles. The van der Waals surface area contributed by atoms with Gasteiger partial charge < -0.3 is 5.32 Å². The van der Waals surface area contributed by atoms with E-state index in [2.05, 4.69) is 58.4 Å². The third-order valence-electron chi connectivity index (χ3n) is 5.98. The van der Waals surface area contributed by atoms with E-state index in [1.165, 1.54) is 0 Å². The fraction of sp³-hybridized carbons (Fsp3) is 0.0357. The fourth-order valence-electron chi connectivity index (χ4n) is 4.50. The van der Waals surface area contributed by atoms with Crippen molar-refractivity contribution >= 4 is 28.9 Å². The Morgan fingerprint density at radius 1 is 0.727 bits per heavy atom. The van der Waals surface area contributed by atoms with Gasteiger partial charge in [0.2, 0.25) is 0 Å². The van der Waals surface area contributed by atoms with Gasteiger partial charge in [0, 0.05) is 38.0 Å². The van der Waals surface area contributed by atoms with E-state index in [4.69, 9.17) is 28.2 Å². The molecule has 4 aromatic carbocycles. The Kier molecular flexibility index (Phi) is 4.94. The van der Waals surface area contributed by atoms with Crippen LogP contribution in [-0.2, 0) is 0 Å². The second-order valence-corrected chi connectivity index (χ2v) is 8.84. The first-order valence-corrected chi connectivity index (χ1v) is 11.5. The third-order valence-corrected chi connectivity index (χ3v) is 6.54. The van der Waals surface area contributed by atoms with Crippen LogP contribution in [0.4, 0.5) is 5.69 Å². The molecule has 160 valence electrons. The van der Waals surface area contributed by atoms with Crippen molar-refractivity contribution in [1.82, 2.24) is 9.55 Å². The lowest BCUT2D eigenvalue weighted by Crippen LogP contribution is -2.25. The van der Waals surface area contributed by atoms with Crippen LogP contribution in [-0.4, -0.2) is 9.55 Å². The van der Waals surface area contributed by atoms with Gasteiger partial charge in [-0.15, -0.1) is 0 Å². The number of anilines is 1. The SMILES string of the molecule is Clc1ccc(C2Nc3ccccc3-c3nc(-c4ccccc4)c(-c4ccccc4)n32)c(Cl)c1. The minimum absolute atomic E-state index is 0.250. The van der Waals surface area contributed by atoms with Gasteiger partial charge >= 0.3 is 0 Å². The van der Waals surface area contributed by atoms with Gasteiger partial charge in [-0.2, -0.15) is 0 Å². The van der Waals surface area contributed by atoms with Crippen molar-refractivity contribution in [3.05, 3.63) is 119 Å². The zero-order chi connectivity index (χ0) is 22.4. The summed E-state index contributed by atoms with van der Waals surface area (Å²) in [6.07, 6.45) is -0.250. The monoisotopic (exact) mass is 467 g/mol. The lowest BCUT2D eigenvalue weighted by atomic mass is 10.0. The van der Waals surface area contributed by atoms with Gasteiger partial charge in [0.05, 0.1) is 11.4 Å². The highest BCUT2D eigenvalue weighted by Gasteiger charge is 2.32. The molecule has 1 unspecified atom stereocenters. The number of para-hydroxylation sites is 1. The molecule has 5 heteroatoms. The molecule has 1 N–H and O–H groups in total. The molecule has 1 aliphatic rings. The highest BCUT2D eigenvalue weighted by molar-refractivity contribution is 6.35. The molecule has 0 saturated heterocycles. The lowest BCUT2D eigenvalue weighted by Gasteiger charge is -2.32. The van der Waals surface area contributed by atoms with Crippen LogP contribution in [0.5, 0.6) is 0 Å². The maximum Gasteiger partial charge on any atom is 0.145 e. The summed E-state index contributed by atoms with van der Waals surface area (Å²) in [5.41, 5.74) is 7.14. The number of nitrogens with one attached hydrogen (secondary N) is 1. The zero-order valence-corrected chi connectivity index (χ0v) is 19.1. The molecule has 6 rings (SSSR count). The van der Waals surface area contributed by atoms with Crippen molar-refractivity contribution in [2.45, 2.75) is 6.17 Å². The first-order valence-electron chi connectivity index (χ1n) is 10.7. The van der Waals surface area contributed by atoms with Gasteiger partial charge in [-0.1, -0.05) is 102 Å². The van der Waals surface area contributed by atoms with Crippen LogP contribution in [0.25, 0.3) is 33.9 Å². The van der Waals surface area contributed by atoms with Crippen LogP contribution >= 0.6 is 23.2 Å². The molecule has 3 nitrogen and oxygen atoms in total. The molecule has 0 aliphatic carbocycles. The maximum absolute atomic E-state index is 6.72. The van der Waals surface area contributed by atoms with E-state index in [1.807, 2.05) is 48.5 Å². The minimum atomic E-state index is -0.250. The minimum Gasteiger partial charge on any atom is -0.360 e. The highest BCUT2D eigenvalue weighted by Crippen LogP contribution is 2.46. The summed E-state index contributed by atoms with van der Waals surface area (Å²) in [5, 5.41) is 4.92. The second kappa shape index (κ2) is 8.11. The Morgan fingerprint density at radius 2 is 1.39 bits per heavy atom. The predicted molar refractivity (Wildman–Crippen MR) is 137 cm³/mol. The number of hydrogen-bond donors (Lipinski definition) is 1. The summed E-state index contributed by atoms with van der Waals surface area (Å²) in [6, 6.07) is 34.6. The molecule has 5 aromatic rings. The summed E-state index contributed by atoms with van der Waals surface area (Å²) in [6.45, 7) is 0. The first kappa shape index (κ1) is 20.1. The molecule has 2 heterocycles. The molecule has 1 atom stereocenters. The molecule has 0 spiro atoms. The Balaban J connectivity index is 1.70. The molecule has 0 fully saturated rings. The van der Waals surface area contributed by atoms with Crippen LogP contribution < -0.4 is 5.32 Å². The van der Waals surface area contributed by atoms with Crippen molar-refractivity contribution in [2.75, 3.05) is 5.32 Å². The topological polar surface area (TPSA) is 29.9 Å². The lowest BCUT2D eigenvalue weighted by molar-refractivity contribution is 0.656. The Bertz CT molecular complexity index is 1460. The normalized spacial score (nSPS) is 14.3. The van der Waals surface area contributed by atoms with Gasteiger partial charge in [-0.05, 0) is 24.3 Å². The van der Waals surface area contributed by atoms with E-state index in [0.29, 0.717) is 10.0 Å². The summed E-state index contributed by atoms with van der Waals surface area (Å²) in [7, 11) is 0. The molecular weight excluding hydrogens is 449 g/mol. The number of hydrogen-bond acceptors (Lipinski definition) is 2. The van der Waals surface area contributed by atoms with Gasteiger partial charge in [0.15, 0.2) is 0 Å². The van der Waals surface area contributed by atoms with E-state index in [-0.39, 0.29) is 6.17 Å². The second-order valence-electron chi connectivity index (χ2n) is 7.99. The van der Waals surface area contributed by atoms with Crippen LogP contribution in [0, 0.1) is 0 Å². The molecule has 0 radical (unpaired) electrons. The zero-order valence-electron chi connectivity index (χ0n) is 17.5. The van der Waals surface area contributed by atoms with Crippen molar-refractivity contribution in [1.29, 1.82) is 0 Å². The number of rotatable bonds is 3. The van der Waals surface area contributed by atoms with Crippen LogP contribution in [0.1, 0.15) is 11.7 Å². The molecule has 1 aliphatic heterocycles. The number of aromatic nitrogens is 2. The molecule has 0 bridgehead atoms. The molecule has 33 heavy (non-hydrogen) atoms. The fourth-order valence-corrected chi connectivity index (χ4v) is 5.01. The van der Waals surface area contributed by atoms with E-state index >= 15 is 0 Å². The van der Waals surface area contributed by atoms with E-state index in [0.717, 1.165) is 45.2 Å². The highest BCUT2D eigenvalue weighted by atomic mass is 35.5. The van der Waals surface area contributed by atoms with Crippen molar-refractivity contribution in [2.24, 2.45) is 0 Å². The van der Waals surface area contributed by atoms with Crippen molar-refractivity contribution < 1.29 is 0 Å². The van der Waals surface area contributed by atoms with E-state index < -0.39 is 0 Å². The summed E-state index contributed by atoms with van der Waals surface area (Å²) < 4.78 is 2.26. The Morgan fingerprint density at radius 3 is 2.12 bits per heavy atom. The van der Waals surface area contributed by atoms with Crippen LogP contribution in [0.3, 0.4) is 0 Å². The van der Waals surface area contributed by atoms with Gasteiger partial charge in [0.1, 0.15) is 12.0 Å². The molecule has 0 amide bonds. The maximum atomic E-state index is 6.72.